The number of hydrogen-bond donors (Lipinski definition) is 0. The molecule has 0 spiro atoms. The Morgan fingerprint density at radius 2 is 2.27 bits per heavy atom. The van der Waals surface area contributed by atoms with Crippen molar-refractivity contribution in [3.8, 4) is 0 Å². The van der Waals surface area contributed by atoms with Crippen LogP contribution in [0.15, 0.2) is 28.3 Å². The molecule has 0 radical (unpaired) electrons. The molecular weight excluding hydrogens is 366 g/mol. The summed E-state index contributed by atoms with van der Waals surface area (Å²) in [7, 11) is 0. The van der Waals surface area contributed by atoms with Crippen LogP contribution in [0, 0.1) is 6.92 Å². The quantitative estimate of drug-likeness (QED) is 0.816. The van der Waals surface area contributed by atoms with Gasteiger partial charge in [0.15, 0.2) is 5.69 Å². The van der Waals surface area contributed by atoms with Crippen LogP contribution in [0.4, 0.5) is 0 Å². The maximum Gasteiger partial charge on any atom is 0.274 e. The summed E-state index contributed by atoms with van der Waals surface area (Å²) >= 11 is 4.90. The van der Waals surface area contributed by atoms with Crippen LogP contribution in [0.25, 0.3) is 0 Å². The van der Waals surface area contributed by atoms with E-state index in [2.05, 4.69) is 25.9 Å². The summed E-state index contributed by atoms with van der Waals surface area (Å²) in [5.41, 5.74) is 1.61. The standard InChI is InChI=1S/C15H16BrN3O2S/c1-10-18-13(14(16)22-10)15(20)19-7-4-12(8-19)21-9-11-2-5-17-6-3-11/h2-3,5-6,12H,4,7-9H2,1H3. The number of thiazole rings is 1. The molecule has 1 amide bonds. The normalized spacial score (nSPS) is 17.9. The number of ether oxygens (including phenoxy) is 1. The van der Waals surface area contributed by atoms with Crippen LogP contribution in [0.1, 0.15) is 27.5 Å². The number of amides is 1. The second-order valence-corrected chi connectivity index (χ2v) is 7.70. The molecule has 0 saturated carbocycles. The van der Waals surface area contributed by atoms with Gasteiger partial charge in [-0.15, -0.1) is 11.3 Å². The Bertz CT molecular complexity index is 662. The van der Waals surface area contributed by atoms with Gasteiger partial charge in [0, 0.05) is 25.5 Å². The van der Waals surface area contributed by atoms with Gasteiger partial charge in [-0.25, -0.2) is 4.98 Å². The van der Waals surface area contributed by atoms with Gasteiger partial charge in [-0.2, -0.15) is 0 Å². The van der Waals surface area contributed by atoms with Crippen LogP contribution in [-0.2, 0) is 11.3 Å². The van der Waals surface area contributed by atoms with Crippen molar-refractivity contribution in [1.29, 1.82) is 0 Å². The molecule has 2 aromatic heterocycles. The van der Waals surface area contributed by atoms with Crippen molar-refractivity contribution in [2.24, 2.45) is 0 Å². The monoisotopic (exact) mass is 381 g/mol. The molecule has 1 saturated heterocycles. The van der Waals surface area contributed by atoms with E-state index in [1.165, 1.54) is 11.3 Å². The number of aromatic nitrogens is 2. The highest BCUT2D eigenvalue weighted by Crippen LogP contribution is 2.27. The molecule has 3 heterocycles. The second-order valence-electron chi connectivity index (χ2n) is 5.18. The van der Waals surface area contributed by atoms with Crippen LogP contribution < -0.4 is 0 Å². The van der Waals surface area contributed by atoms with Gasteiger partial charge in [-0.3, -0.25) is 9.78 Å². The third-order valence-corrected chi connectivity index (χ3v) is 5.18. The number of hydrogen-bond acceptors (Lipinski definition) is 5. The summed E-state index contributed by atoms with van der Waals surface area (Å²) < 4.78 is 6.69. The Morgan fingerprint density at radius 3 is 2.95 bits per heavy atom. The topological polar surface area (TPSA) is 55.3 Å². The molecule has 0 aromatic carbocycles. The number of aryl methyl sites for hydroxylation is 1. The summed E-state index contributed by atoms with van der Waals surface area (Å²) in [5.74, 6) is -0.0220. The molecule has 0 bridgehead atoms. The number of pyridine rings is 1. The molecule has 0 aliphatic carbocycles. The van der Waals surface area contributed by atoms with Crippen molar-refractivity contribution in [1.82, 2.24) is 14.9 Å². The molecule has 3 rings (SSSR count). The first-order chi connectivity index (χ1) is 10.6. The minimum Gasteiger partial charge on any atom is -0.372 e. The van der Waals surface area contributed by atoms with E-state index in [4.69, 9.17) is 4.74 Å². The van der Waals surface area contributed by atoms with E-state index in [-0.39, 0.29) is 12.0 Å². The molecule has 0 N–H and O–H groups in total. The first-order valence-corrected chi connectivity index (χ1v) is 8.67. The summed E-state index contributed by atoms with van der Waals surface area (Å²) in [5, 5.41) is 0.889. The summed E-state index contributed by atoms with van der Waals surface area (Å²) in [6, 6.07) is 3.88. The molecule has 1 aliphatic rings. The van der Waals surface area contributed by atoms with Crippen molar-refractivity contribution in [3.63, 3.8) is 0 Å². The molecule has 1 atom stereocenters. The summed E-state index contributed by atoms with van der Waals surface area (Å²) in [6.45, 7) is 3.78. The lowest BCUT2D eigenvalue weighted by molar-refractivity contribution is 0.0436. The zero-order valence-electron chi connectivity index (χ0n) is 12.2. The Morgan fingerprint density at radius 1 is 1.50 bits per heavy atom. The van der Waals surface area contributed by atoms with Crippen LogP contribution in [0.5, 0.6) is 0 Å². The Balaban J connectivity index is 1.56. The number of halogens is 1. The van der Waals surface area contributed by atoms with Gasteiger partial charge in [-0.1, -0.05) is 0 Å². The SMILES string of the molecule is Cc1nc(C(=O)N2CCC(OCc3ccncc3)C2)c(Br)s1. The van der Waals surface area contributed by atoms with Gasteiger partial charge >= 0.3 is 0 Å². The average Bonchev–Trinajstić information content (AvgIpc) is 3.12. The van der Waals surface area contributed by atoms with Gasteiger partial charge in [0.05, 0.1) is 17.7 Å². The maximum atomic E-state index is 12.5. The highest BCUT2D eigenvalue weighted by molar-refractivity contribution is 9.11. The predicted octanol–water partition coefficient (Wildman–Crippen LogP) is 3.04. The van der Waals surface area contributed by atoms with Crippen LogP contribution in [-0.4, -0.2) is 40.0 Å². The minimum atomic E-state index is -0.0220. The number of carbonyl (C=O) groups is 1. The lowest BCUT2D eigenvalue weighted by atomic mass is 10.3. The van der Waals surface area contributed by atoms with E-state index in [0.717, 1.165) is 20.8 Å². The molecule has 1 aliphatic heterocycles. The van der Waals surface area contributed by atoms with E-state index in [1.807, 2.05) is 24.0 Å². The summed E-state index contributed by atoms with van der Waals surface area (Å²) in [6.07, 6.45) is 4.45. The van der Waals surface area contributed by atoms with Gasteiger partial charge in [0.25, 0.3) is 5.91 Å². The summed E-state index contributed by atoms with van der Waals surface area (Å²) in [4.78, 5) is 22.6. The second kappa shape index (κ2) is 6.85. The molecular formula is C15H16BrN3O2S. The third kappa shape index (κ3) is 3.53. The molecule has 22 heavy (non-hydrogen) atoms. The van der Waals surface area contributed by atoms with E-state index in [1.54, 1.807) is 12.4 Å². The lowest BCUT2D eigenvalue weighted by Crippen LogP contribution is -2.30. The fourth-order valence-electron chi connectivity index (χ4n) is 2.43. The van der Waals surface area contributed by atoms with E-state index in [0.29, 0.717) is 25.4 Å². The zero-order chi connectivity index (χ0) is 15.5. The molecule has 2 aromatic rings. The molecule has 1 unspecified atom stereocenters. The molecule has 116 valence electrons. The largest absolute Gasteiger partial charge is 0.372 e. The molecule has 1 fully saturated rings. The van der Waals surface area contributed by atoms with Gasteiger partial charge in [0.2, 0.25) is 0 Å². The fraction of sp³-hybridized carbons (Fsp3) is 0.400. The minimum absolute atomic E-state index is 0.0220. The van der Waals surface area contributed by atoms with Crippen molar-refractivity contribution >= 4 is 33.2 Å². The predicted molar refractivity (Wildman–Crippen MR) is 87.9 cm³/mol. The Hall–Kier alpha value is -1.31. The van der Waals surface area contributed by atoms with Crippen molar-refractivity contribution in [2.75, 3.05) is 13.1 Å². The van der Waals surface area contributed by atoms with Crippen molar-refractivity contribution in [2.45, 2.75) is 26.1 Å². The first-order valence-electron chi connectivity index (χ1n) is 7.06. The van der Waals surface area contributed by atoms with Crippen LogP contribution in [0.2, 0.25) is 0 Å². The number of carbonyl (C=O) groups excluding carboxylic acids is 1. The average molecular weight is 382 g/mol. The lowest BCUT2D eigenvalue weighted by Gasteiger charge is -2.16. The van der Waals surface area contributed by atoms with Crippen molar-refractivity contribution in [3.05, 3.63) is 44.6 Å². The highest BCUT2D eigenvalue weighted by atomic mass is 79.9. The van der Waals surface area contributed by atoms with Gasteiger partial charge in [0.1, 0.15) is 3.79 Å². The Labute approximate surface area is 141 Å². The third-order valence-electron chi connectivity index (χ3n) is 3.56. The smallest absolute Gasteiger partial charge is 0.274 e. The highest BCUT2D eigenvalue weighted by Gasteiger charge is 2.30. The van der Waals surface area contributed by atoms with Crippen LogP contribution in [0.3, 0.4) is 0 Å². The maximum absolute atomic E-state index is 12.5. The molecule has 7 heteroatoms. The van der Waals surface area contributed by atoms with Gasteiger partial charge < -0.3 is 9.64 Å². The fourth-order valence-corrected chi connectivity index (χ4v) is 4.01. The Kier molecular flexibility index (Phi) is 4.85. The first kappa shape index (κ1) is 15.6. The van der Waals surface area contributed by atoms with Crippen LogP contribution >= 0.6 is 27.3 Å². The van der Waals surface area contributed by atoms with E-state index < -0.39 is 0 Å². The van der Waals surface area contributed by atoms with E-state index >= 15 is 0 Å². The number of nitrogens with zero attached hydrogens (tertiary/aromatic N) is 3. The van der Waals surface area contributed by atoms with Crippen molar-refractivity contribution < 1.29 is 9.53 Å². The van der Waals surface area contributed by atoms with Gasteiger partial charge in [-0.05, 0) is 47.0 Å². The number of rotatable bonds is 4. The number of likely N-dealkylation sites (tertiary alicyclic amines) is 1. The van der Waals surface area contributed by atoms with E-state index in [9.17, 15) is 4.79 Å². The molecule has 5 nitrogen and oxygen atoms in total. The zero-order valence-corrected chi connectivity index (χ0v) is 14.6.